The Kier molecular flexibility index (Phi) is 5.75. The number of aryl methyl sites for hydroxylation is 1. The summed E-state index contributed by atoms with van der Waals surface area (Å²) in [7, 11) is -3.31. The van der Waals surface area contributed by atoms with Crippen molar-refractivity contribution in [2.75, 3.05) is 26.2 Å². The number of piperazine rings is 1. The Balaban J connectivity index is 1.33. The molecule has 2 heterocycles. The molecule has 0 spiro atoms. The zero-order valence-electron chi connectivity index (χ0n) is 16.4. The van der Waals surface area contributed by atoms with Crippen LogP contribution in [0.2, 0.25) is 0 Å². The van der Waals surface area contributed by atoms with Gasteiger partial charge >= 0.3 is 0 Å². The van der Waals surface area contributed by atoms with Gasteiger partial charge in [0.2, 0.25) is 21.7 Å². The van der Waals surface area contributed by atoms with Gasteiger partial charge in [0, 0.05) is 31.7 Å². The Bertz CT molecular complexity index is 1040. The third-order valence-electron chi connectivity index (χ3n) is 5.05. The molecule has 1 aromatic heterocycles. The van der Waals surface area contributed by atoms with E-state index in [9.17, 15) is 8.42 Å². The quantitative estimate of drug-likeness (QED) is 0.619. The van der Waals surface area contributed by atoms with Crippen LogP contribution in [0.3, 0.4) is 0 Å². The van der Waals surface area contributed by atoms with Crippen LogP contribution in [0.15, 0.2) is 59.1 Å². The number of benzene rings is 2. The van der Waals surface area contributed by atoms with Gasteiger partial charge in [-0.3, -0.25) is 4.90 Å². The number of hydrogen-bond acceptors (Lipinski definition) is 6. The SMILES string of the molecule is Cc1ccc(-c2noc(CN3CCN(S(=O)(=O)Cc4ccccc4)CC3)n2)cc1. The van der Waals surface area contributed by atoms with Crippen LogP contribution in [0, 0.1) is 6.92 Å². The number of hydrogen-bond donors (Lipinski definition) is 0. The van der Waals surface area contributed by atoms with Crippen LogP contribution in [-0.4, -0.2) is 53.9 Å². The highest BCUT2D eigenvalue weighted by atomic mass is 32.2. The standard InChI is InChI=1S/C21H24N4O3S/c1-17-7-9-19(10-8-17)21-22-20(28-23-21)15-24-11-13-25(14-12-24)29(26,27)16-18-5-3-2-4-6-18/h2-10H,11-16H2,1H3. The van der Waals surface area contributed by atoms with Crippen molar-refractivity contribution in [1.29, 1.82) is 0 Å². The van der Waals surface area contributed by atoms with E-state index in [1.165, 1.54) is 5.56 Å². The second-order valence-corrected chi connectivity index (χ2v) is 9.26. The number of nitrogens with zero attached hydrogens (tertiary/aromatic N) is 4. The summed E-state index contributed by atoms with van der Waals surface area (Å²) in [6.45, 7) is 4.76. The van der Waals surface area contributed by atoms with E-state index in [1.807, 2.05) is 61.5 Å². The molecule has 4 rings (SSSR count). The van der Waals surface area contributed by atoms with E-state index in [0.717, 1.165) is 11.1 Å². The van der Waals surface area contributed by atoms with Crippen molar-refractivity contribution >= 4 is 10.0 Å². The Hall–Kier alpha value is -2.55. The van der Waals surface area contributed by atoms with Gasteiger partial charge in [0.15, 0.2) is 0 Å². The summed E-state index contributed by atoms with van der Waals surface area (Å²) < 4.78 is 32.3. The molecule has 0 atom stereocenters. The van der Waals surface area contributed by atoms with Gasteiger partial charge in [-0.15, -0.1) is 0 Å². The molecular formula is C21H24N4O3S. The minimum absolute atomic E-state index is 0.0391. The second kappa shape index (κ2) is 8.44. The van der Waals surface area contributed by atoms with Crippen molar-refractivity contribution in [3.05, 3.63) is 71.6 Å². The van der Waals surface area contributed by atoms with Crippen LogP contribution in [0.1, 0.15) is 17.0 Å². The molecule has 8 heteroatoms. The fraction of sp³-hybridized carbons (Fsp3) is 0.333. The zero-order valence-corrected chi connectivity index (χ0v) is 17.2. The lowest BCUT2D eigenvalue weighted by Crippen LogP contribution is -2.48. The lowest BCUT2D eigenvalue weighted by Gasteiger charge is -2.33. The van der Waals surface area contributed by atoms with Gasteiger partial charge in [0.25, 0.3) is 0 Å². The summed E-state index contributed by atoms with van der Waals surface area (Å²) >= 11 is 0. The molecule has 1 aliphatic heterocycles. The fourth-order valence-corrected chi connectivity index (χ4v) is 4.89. The Morgan fingerprint density at radius 1 is 0.966 bits per heavy atom. The lowest BCUT2D eigenvalue weighted by atomic mass is 10.1. The predicted octanol–water partition coefficient (Wildman–Crippen LogP) is 2.69. The molecule has 0 N–H and O–H groups in total. The van der Waals surface area contributed by atoms with E-state index in [1.54, 1.807) is 4.31 Å². The summed E-state index contributed by atoms with van der Waals surface area (Å²) in [5, 5.41) is 4.06. The first-order chi connectivity index (χ1) is 14.0. The van der Waals surface area contributed by atoms with Crippen LogP contribution in [-0.2, 0) is 22.3 Å². The van der Waals surface area contributed by atoms with Crippen LogP contribution < -0.4 is 0 Å². The summed E-state index contributed by atoms with van der Waals surface area (Å²) in [5.74, 6) is 1.16. The average molecular weight is 413 g/mol. The molecule has 7 nitrogen and oxygen atoms in total. The maximum atomic E-state index is 12.7. The molecule has 0 aliphatic carbocycles. The largest absolute Gasteiger partial charge is 0.338 e. The van der Waals surface area contributed by atoms with Crippen molar-refractivity contribution in [2.45, 2.75) is 19.2 Å². The van der Waals surface area contributed by atoms with E-state index in [0.29, 0.717) is 44.4 Å². The summed E-state index contributed by atoms with van der Waals surface area (Å²) in [6, 6.07) is 17.3. The van der Waals surface area contributed by atoms with Crippen molar-refractivity contribution in [3.8, 4) is 11.4 Å². The van der Waals surface area contributed by atoms with Crippen molar-refractivity contribution < 1.29 is 12.9 Å². The van der Waals surface area contributed by atoms with E-state index < -0.39 is 10.0 Å². The number of rotatable bonds is 6. The first-order valence-corrected chi connectivity index (χ1v) is 11.2. The molecule has 1 aliphatic rings. The van der Waals surface area contributed by atoms with Crippen molar-refractivity contribution in [2.24, 2.45) is 0 Å². The molecule has 0 saturated carbocycles. The monoisotopic (exact) mass is 412 g/mol. The maximum Gasteiger partial charge on any atom is 0.241 e. The minimum atomic E-state index is -3.31. The Labute approximate surface area is 171 Å². The number of sulfonamides is 1. The highest BCUT2D eigenvalue weighted by molar-refractivity contribution is 7.88. The molecule has 2 aromatic carbocycles. The summed E-state index contributed by atoms with van der Waals surface area (Å²) in [6.07, 6.45) is 0. The van der Waals surface area contributed by atoms with Gasteiger partial charge in [0.1, 0.15) is 0 Å². The topological polar surface area (TPSA) is 79.5 Å². The normalized spacial score (nSPS) is 16.2. The lowest BCUT2D eigenvalue weighted by molar-refractivity contribution is 0.163. The highest BCUT2D eigenvalue weighted by Gasteiger charge is 2.27. The Morgan fingerprint density at radius 2 is 1.66 bits per heavy atom. The molecule has 29 heavy (non-hydrogen) atoms. The molecule has 1 fully saturated rings. The van der Waals surface area contributed by atoms with E-state index in [-0.39, 0.29) is 5.75 Å². The van der Waals surface area contributed by atoms with Gasteiger partial charge < -0.3 is 4.52 Å². The van der Waals surface area contributed by atoms with E-state index in [4.69, 9.17) is 4.52 Å². The third kappa shape index (κ3) is 4.90. The zero-order chi connectivity index (χ0) is 20.3. The van der Waals surface area contributed by atoms with Crippen LogP contribution >= 0.6 is 0 Å². The molecule has 0 radical (unpaired) electrons. The van der Waals surface area contributed by atoms with E-state index in [2.05, 4.69) is 15.0 Å². The Morgan fingerprint density at radius 3 is 2.34 bits per heavy atom. The summed E-state index contributed by atoms with van der Waals surface area (Å²) in [4.78, 5) is 6.62. The maximum absolute atomic E-state index is 12.7. The highest BCUT2D eigenvalue weighted by Crippen LogP contribution is 2.18. The smallest absolute Gasteiger partial charge is 0.241 e. The van der Waals surface area contributed by atoms with E-state index >= 15 is 0 Å². The molecular weight excluding hydrogens is 388 g/mol. The summed E-state index contributed by atoms with van der Waals surface area (Å²) in [5.41, 5.74) is 2.91. The van der Waals surface area contributed by atoms with Crippen molar-refractivity contribution in [3.63, 3.8) is 0 Å². The fourth-order valence-electron chi connectivity index (χ4n) is 3.37. The van der Waals surface area contributed by atoms with Gasteiger partial charge in [-0.1, -0.05) is 65.3 Å². The number of aromatic nitrogens is 2. The third-order valence-corrected chi connectivity index (χ3v) is 6.90. The van der Waals surface area contributed by atoms with Gasteiger partial charge in [-0.05, 0) is 12.5 Å². The van der Waals surface area contributed by atoms with Crippen LogP contribution in [0.4, 0.5) is 0 Å². The molecule has 0 amide bonds. The van der Waals surface area contributed by atoms with Crippen LogP contribution in [0.25, 0.3) is 11.4 Å². The molecule has 152 valence electrons. The first-order valence-electron chi connectivity index (χ1n) is 9.63. The minimum Gasteiger partial charge on any atom is -0.338 e. The molecule has 0 unspecified atom stereocenters. The predicted molar refractivity (Wildman–Crippen MR) is 110 cm³/mol. The van der Waals surface area contributed by atoms with Crippen molar-refractivity contribution in [1.82, 2.24) is 19.3 Å². The first kappa shape index (κ1) is 19.8. The molecule has 3 aromatic rings. The molecule has 0 bridgehead atoms. The van der Waals surface area contributed by atoms with Gasteiger partial charge in [-0.25, -0.2) is 8.42 Å². The average Bonchev–Trinajstić information content (AvgIpc) is 3.18. The molecule has 1 saturated heterocycles. The van der Waals surface area contributed by atoms with Gasteiger partial charge in [-0.2, -0.15) is 9.29 Å². The van der Waals surface area contributed by atoms with Crippen LogP contribution in [0.5, 0.6) is 0 Å². The second-order valence-electron chi connectivity index (χ2n) is 7.29. The van der Waals surface area contributed by atoms with Gasteiger partial charge in [0.05, 0.1) is 12.3 Å².